The second-order valence-corrected chi connectivity index (χ2v) is 5.73. The van der Waals surface area contributed by atoms with Gasteiger partial charge in [-0.2, -0.15) is 0 Å². The molecule has 1 unspecified atom stereocenters. The van der Waals surface area contributed by atoms with Crippen LogP contribution < -0.4 is 11.1 Å². The summed E-state index contributed by atoms with van der Waals surface area (Å²) in [6, 6.07) is 4.75. The average molecular weight is 275 g/mol. The van der Waals surface area contributed by atoms with Crippen LogP contribution in [-0.4, -0.2) is 21.9 Å². The minimum Gasteiger partial charge on any atom is -0.399 e. The van der Waals surface area contributed by atoms with Crippen molar-refractivity contribution in [3.8, 4) is 0 Å². The molecule has 94 valence electrons. The van der Waals surface area contributed by atoms with E-state index in [4.69, 9.17) is 17.3 Å². The van der Waals surface area contributed by atoms with Gasteiger partial charge in [-0.1, -0.05) is 11.6 Å². The van der Waals surface area contributed by atoms with Crippen molar-refractivity contribution in [2.45, 2.75) is 24.8 Å². The second kappa shape index (κ2) is 6.02. The van der Waals surface area contributed by atoms with Crippen molar-refractivity contribution in [2.24, 2.45) is 0 Å². The molecule has 0 fully saturated rings. The Bertz CT molecular complexity index is 449. The predicted octanol–water partition coefficient (Wildman–Crippen LogP) is 1.55. The minimum absolute atomic E-state index is 0.0239. The first kappa shape index (κ1) is 14.0. The molecular formula is C11H15ClN2O2S. The first-order valence-electron chi connectivity index (χ1n) is 5.13. The Balaban J connectivity index is 2.76. The number of carbonyl (C=O) groups is 1. The summed E-state index contributed by atoms with van der Waals surface area (Å²) in [5, 5.41) is 3.03. The topological polar surface area (TPSA) is 72.2 Å². The maximum Gasteiger partial charge on any atom is 0.233 e. The highest BCUT2D eigenvalue weighted by atomic mass is 35.5. The van der Waals surface area contributed by atoms with Crippen LogP contribution in [0.4, 0.5) is 5.69 Å². The van der Waals surface area contributed by atoms with Gasteiger partial charge in [0, 0.05) is 11.7 Å². The van der Waals surface area contributed by atoms with E-state index in [1.807, 2.05) is 13.8 Å². The van der Waals surface area contributed by atoms with Gasteiger partial charge in [-0.05, 0) is 32.0 Å². The lowest BCUT2D eigenvalue weighted by molar-refractivity contribution is -0.119. The van der Waals surface area contributed by atoms with Crippen LogP contribution in [0.1, 0.15) is 13.8 Å². The standard InChI is InChI=1S/C11H15ClN2O2S/c1-7(2)14-11(15)6-17(16)10-5-8(13)3-4-9(10)12/h3-5,7H,6,13H2,1-2H3,(H,14,15). The smallest absolute Gasteiger partial charge is 0.233 e. The van der Waals surface area contributed by atoms with E-state index in [0.29, 0.717) is 15.6 Å². The molecule has 0 aliphatic carbocycles. The van der Waals surface area contributed by atoms with Gasteiger partial charge in [0.05, 0.1) is 20.7 Å². The van der Waals surface area contributed by atoms with Crippen molar-refractivity contribution in [1.29, 1.82) is 0 Å². The van der Waals surface area contributed by atoms with E-state index in [9.17, 15) is 9.00 Å². The Morgan fingerprint density at radius 2 is 2.18 bits per heavy atom. The number of amides is 1. The number of nitrogens with two attached hydrogens (primary N) is 1. The van der Waals surface area contributed by atoms with Crippen LogP contribution in [0.5, 0.6) is 0 Å². The van der Waals surface area contributed by atoms with E-state index < -0.39 is 10.8 Å². The van der Waals surface area contributed by atoms with Crippen LogP contribution in [0.3, 0.4) is 0 Å². The SMILES string of the molecule is CC(C)NC(=O)CS(=O)c1cc(N)ccc1Cl. The highest BCUT2D eigenvalue weighted by Gasteiger charge is 2.14. The number of benzene rings is 1. The van der Waals surface area contributed by atoms with Crippen LogP contribution in [0.25, 0.3) is 0 Å². The monoisotopic (exact) mass is 274 g/mol. The number of hydrogen-bond donors (Lipinski definition) is 2. The van der Waals surface area contributed by atoms with Crippen LogP contribution in [0.15, 0.2) is 23.1 Å². The van der Waals surface area contributed by atoms with E-state index in [1.54, 1.807) is 12.1 Å². The van der Waals surface area contributed by atoms with Gasteiger partial charge in [0.25, 0.3) is 0 Å². The molecule has 1 aromatic carbocycles. The lowest BCUT2D eigenvalue weighted by atomic mass is 10.3. The number of rotatable bonds is 4. The average Bonchev–Trinajstić information content (AvgIpc) is 2.20. The van der Waals surface area contributed by atoms with Gasteiger partial charge in [0.1, 0.15) is 5.75 Å². The Morgan fingerprint density at radius 1 is 1.53 bits per heavy atom. The number of nitrogens with one attached hydrogen (secondary N) is 1. The van der Waals surface area contributed by atoms with Gasteiger partial charge in [0.2, 0.25) is 5.91 Å². The molecule has 1 rings (SSSR count). The lowest BCUT2D eigenvalue weighted by Crippen LogP contribution is -2.33. The van der Waals surface area contributed by atoms with E-state index in [-0.39, 0.29) is 17.7 Å². The number of anilines is 1. The molecule has 0 bridgehead atoms. The molecule has 6 heteroatoms. The summed E-state index contributed by atoms with van der Waals surface area (Å²) >= 11 is 5.90. The van der Waals surface area contributed by atoms with Crippen LogP contribution in [0.2, 0.25) is 5.02 Å². The molecule has 0 saturated carbocycles. The molecule has 0 aliphatic heterocycles. The molecule has 17 heavy (non-hydrogen) atoms. The Kier molecular flexibility index (Phi) is 4.96. The molecule has 0 aromatic heterocycles. The fourth-order valence-corrected chi connectivity index (χ4v) is 2.66. The van der Waals surface area contributed by atoms with E-state index in [2.05, 4.69) is 5.32 Å². The molecule has 1 aromatic rings. The highest BCUT2D eigenvalue weighted by Crippen LogP contribution is 2.22. The summed E-state index contributed by atoms with van der Waals surface area (Å²) in [5.41, 5.74) is 6.06. The third kappa shape index (κ3) is 4.36. The lowest BCUT2D eigenvalue weighted by Gasteiger charge is -2.09. The van der Waals surface area contributed by atoms with Crippen molar-refractivity contribution in [3.63, 3.8) is 0 Å². The largest absolute Gasteiger partial charge is 0.399 e. The Hall–Kier alpha value is -1.07. The van der Waals surface area contributed by atoms with Crippen LogP contribution >= 0.6 is 11.6 Å². The van der Waals surface area contributed by atoms with Crippen molar-refractivity contribution in [2.75, 3.05) is 11.5 Å². The number of carbonyl (C=O) groups excluding carboxylic acids is 1. The van der Waals surface area contributed by atoms with E-state index in [0.717, 1.165) is 0 Å². The fraction of sp³-hybridized carbons (Fsp3) is 0.364. The predicted molar refractivity (Wildman–Crippen MR) is 70.4 cm³/mol. The third-order valence-electron chi connectivity index (χ3n) is 1.91. The van der Waals surface area contributed by atoms with Crippen molar-refractivity contribution in [3.05, 3.63) is 23.2 Å². The molecule has 0 radical (unpaired) electrons. The first-order chi connectivity index (χ1) is 7.90. The molecule has 3 N–H and O–H groups in total. The zero-order valence-electron chi connectivity index (χ0n) is 9.70. The maximum absolute atomic E-state index is 11.9. The van der Waals surface area contributed by atoms with Crippen LogP contribution in [0, 0.1) is 0 Å². The molecule has 1 amide bonds. The summed E-state index contributed by atoms with van der Waals surface area (Å²) in [4.78, 5) is 11.8. The molecule has 0 aliphatic rings. The number of halogens is 1. The zero-order chi connectivity index (χ0) is 13.0. The zero-order valence-corrected chi connectivity index (χ0v) is 11.3. The van der Waals surface area contributed by atoms with Crippen molar-refractivity contribution in [1.82, 2.24) is 5.32 Å². The van der Waals surface area contributed by atoms with Gasteiger partial charge in [-0.15, -0.1) is 0 Å². The summed E-state index contributed by atoms with van der Waals surface area (Å²) < 4.78 is 11.9. The van der Waals surface area contributed by atoms with Gasteiger partial charge in [-0.25, -0.2) is 0 Å². The summed E-state index contributed by atoms with van der Waals surface area (Å²) in [6.07, 6.45) is 0. The molecule has 1 atom stereocenters. The van der Waals surface area contributed by atoms with E-state index in [1.165, 1.54) is 6.07 Å². The van der Waals surface area contributed by atoms with Crippen LogP contribution in [-0.2, 0) is 15.6 Å². The van der Waals surface area contributed by atoms with Gasteiger partial charge in [0.15, 0.2) is 0 Å². The molecule has 0 spiro atoms. The fourth-order valence-electron chi connectivity index (χ4n) is 1.25. The second-order valence-electron chi connectivity index (χ2n) is 3.90. The van der Waals surface area contributed by atoms with Gasteiger partial charge >= 0.3 is 0 Å². The van der Waals surface area contributed by atoms with Crippen molar-refractivity contribution >= 4 is 34.0 Å². The quantitative estimate of drug-likeness (QED) is 0.819. The first-order valence-corrected chi connectivity index (χ1v) is 6.82. The normalized spacial score (nSPS) is 12.5. The van der Waals surface area contributed by atoms with Crippen molar-refractivity contribution < 1.29 is 9.00 Å². The molecule has 0 heterocycles. The Labute approximate surface area is 108 Å². The number of hydrogen-bond acceptors (Lipinski definition) is 3. The highest BCUT2D eigenvalue weighted by molar-refractivity contribution is 7.85. The molecule has 0 saturated heterocycles. The summed E-state index contributed by atoms with van der Waals surface area (Å²) in [5.74, 6) is -0.377. The summed E-state index contributed by atoms with van der Waals surface area (Å²) in [7, 11) is -1.48. The van der Waals surface area contributed by atoms with Gasteiger partial charge < -0.3 is 11.1 Å². The molecule has 4 nitrogen and oxygen atoms in total. The Morgan fingerprint density at radius 3 is 2.76 bits per heavy atom. The van der Waals surface area contributed by atoms with E-state index >= 15 is 0 Å². The van der Waals surface area contributed by atoms with Gasteiger partial charge in [-0.3, -0.25) is 9.00 Å². The maximum atomic E-state index is 11.9. The third-order valence-corrected chi connectivity index (χ3v) is 3.71. The molecular weight excluding hydrogens is 260 g/mol. The minimum atomic E-state index is -1.48. The summed E-state index contributed by atoms with van der Waals surface area (Å²) in [6.45, 7) is 3.68. The number of nitrogen functional groups attached to an aromatic ring is 1.